The van der Waals surface area contributed by atoms with E-state index in [1.54, 1.807) is 13.8 Å². The van der Waals surface area contributed by atoms with E-state index in [0.717, 1.165) is 4.09 Å². The summed E-state index contributed by atoms with van der Waals surface area (Å²) in [6, 6.07) is 0. The zero-order valence-corrected chi connectivity index (χ0v) is 15.4. The molecular weight excluding hydrogens is 373 g/mol. The highest BCUT2D eigenvalue weighted by molar-refractivity contribution is 7.90. The molecule has 0 radical (unpaired) electrons. The number of hydrogen-bond acceptors (Lipinski definition) is 7. The smallest absolute Gasteiger partial charge is 0.372 e. The van der Waals surface area contributed by atoms with E-state index in [9.17, 15) is 21.6 Å². The van der Waals surface area contributed by atoms with Gasteiger partial charge >= 0.3 is 6.18 Å². The van der Waals surface area contributed by atoms with E-state index in [2.05, 4.69) is 25.7 Å². The third-order valence-electron chi connectivity index (χ3n) is 3.87. The average molecular weight is 392 g/mol. The molecule has 26 heavy (non-hydrogen) atoms. The maximum Gasteiger partial charge on any atom is 0.421 e. The van der Waals surface area contributed by atoms with Crippen LogP contribution >= 0.6 is 0 Å². The number of nitrogens with zero attached hydrogens (tertiary/aromatic N) is 4. The van der Waals surface area contributed by atoms with Crippen LogP contribution in [0.25, 0.3) is 0 Å². The highest BCUT2D eigenvalue weighted by Crippen LogP contribution is 2.34. The van der Waals surface area contributed by atoms with Crippen molar-refractivity contribution in [2.75, 3.05) is 17.7 Å². The fourth-order valence-corrected chi connectivity index (χ4v) is 3.53. The van der Waals surface area contributed by atoms with Crippen LogP contribution in [0, 0.1) is 6.92 Å². The molecule has 0 saturated carbocycles. The van der Waals surface area contributed by atoms with Crippen molar-refractivity contribution in [3.63, 3.8) is 0 Å². The maximum atomic E-state index is 12.9. The van der Waals surface area contributed by atoms with Gasteiger partial charge in [0, 0.05) is 13.2 Å². The van der Waals surface area contributed by atoms with Gasteiger partial charge in [0.1, 0.15) is 11.4 Å². The number of alkyl halides is 3. The highest BCUT2D eigenvalue weighted by Gasteiger charge is 2.35. The average Bonchev–Trinajstić information content (AvgIpc) is 2.94. The number of halogens is 3. The number of anilines is 3. The Bertz CT molecular complexity index is 895. The SMILES string of the molecule is CCC(C)S(=O)(=O)n1ncc(Nc2ncc(C(F)(F)F)c(NC)n2)c1C. The van der Waals surface area contributed by atoms with E-state index >= 15 is 0 Å². The van der Waals surface area contributed by atoms with E-state index in [1.165, 1.54) is 20.2 Å². The van der Waals surface area contributed by atoms with Crippen molar-refractivity contribution >= 4 is 27.5 Å². The van der Waals surface area contributed by atoms with Gasteiger partial charge in [-0.25, -0.2) is 13.4 Å². The van der Waals surface area contributed by atoms with E-state index in [1.807, 2.05) is 0 Å². The maximum absolute atomic E-state index is 12.9. The summed E-state index contributed by atoms with van der Waals surface area (Å²) >= 11 is 0. The second-order valence-electron chi connectivity index (χ2n) is 5.58. The van der Waals surface area contributed by atoms with Crippen LogP contribution in [0.5, 0.6) is 0 Å². The van der Waals surface area contributed by atoms with Gasteiger partial charge in [0.2, 0.25) is 5.95 Å². The predicted octanol–water partition coefficient (Wildman–Crippen LogP) is 2.76. The topological polar surface area (TPSA) is 102 Å². The molecule has 12 heteroatoms. The van der Waals surface area contributed by atoms with Gasteiger partial charge in [-0.3, -0.25) is 0 Å². The Labute approximate surface area is 148 Å². The lowest BCUT2D eigenvalue weighted by Gasteiger charge is -2.13. The normalized spacial score (nSPS) is 13.5. The van der Waals surface area contributed by atoms with Crippen molar-refractivity contribution in [1.29, 1.82) is 0 Å². The van der Waals surface area contributed by atoms with Crippen molar-refractivity contribution in [2.45, 2.75) is 38.6 Å². The van der Waals surface area contributed by atoms with Gasteiger partial charge in [0.15, 0.2) is 0 Å². The number of nitrogens with one attached hydrogen (secondary N) is 2. The van der Waals surface area contributed by atoms with Gasteiger partial charge in [-0.05, 0) is 20.3 Å². The minimum atomic E-state index is -4.60. The van der Waals surface area contributed by atoms with Crippen LogP contribution < -0.4 is 10.6 Å². The second kappa shape index (κ2) is 7.09. The molecule has 8 nitrogen and oxygen atoms in total. The summed E-state index contributed by atoms with van der Waals surface area (Å²) in [4.78, 5) is 7.42. The van der Waals surface area contributed by atoms with Crippen LogP contribution in [0.2, 0.25) is 0 Å². The van der Waals surface area contributed by atoms with Crippen LogP contribution in [0.1, 0.15) is 31.5 Å². The van der Waals surface area contributed by atoms with Crippen LogP contribution in [-0.2, 0) is 16.2 Å². The summed E-state index contributed by atoms with van der Waals surface area (Å²) in [5.74, 6) is -0.516. The molecule has 2 rings (SSSR count). The van der Waals surface area contributed by atoms with E-state index in [-0.39, 0.29) is 17.3 Å². The molecule has 2 aromatic rings. The summed E-state index contributed by atoms with van der Waals surface area (Å²) in [7, 11) is -2.36. The van der Waals surface area contributed by atoms with E-state index < -0.39 is 32.8 Å². The fourth-order valence-electron chi connectivity index (χ4n) is 2.11. The molecule has 0 saturated heterocycles. The molecule has 1 atom stereocenters. The van der Waals surface area contributed by atoms with Crippen molar-refractivity contribution in [3.8, 4) is 0 Å². The molecule has 0 spiro atoms. The molecule has 0 aliphatic heterocycles. The summed E-state index contributed by atoms with van der Waals surface area (Å²) < 4.78 is 64.4. The van der Waals surface area contributed by atoms with E-state index in [4.69, 9.17) is 0 Å². The van der Waals surface area contributed by atoms with Crippen molar-refractivity contribution in [3.05, 3.63) is 23.7 Å². The molecular formula is C14H19F3N6O2S. The Morgan fingerprint density at radius 3 is 2.50 bits per heavy atom. The first-order valence-corrected chi connectivity index (χ1v) is 9.20. The zero-order chi connectivity index (χ0) is 19.7. The largest absolute Gasteiger partial charge is 0.421 e. The Morgan fingerprint density at radius 2 is 1.96 bits per heavy atom. The predicted molar refractivity (Wildman–Crippen MR) is 90.9 cm³/mol. The molecule has 0 amide bonds. The third kappa shape index (κ3) is 3.74. The van der Waals surface area contributed by atoms with Crippen molar-refractivity contribution in [1.82, 2.24) is 19.2 Å². The Morgan fingerprint density at radius 1 is 1.31 bits per heavy atom. The highest BCUT2D eigenvalue weighted by atomic mass is 32.2. The second-order valence-corrected chi connectivity index (χ2v) is 7.76. The lowest BCUT2D eigenvalue weighted by Crippen LogP contribution is -2.26. The van der Waals surface area contributed by atoms with Gasteiger partial charge < -0.3 is 10.6 Å². The quantitative estimate of drug-likeness (QED) is 0.779. The van der Waals surface area contributed by atoms with Gasteiger partial charge in [-0.2, -0.15) is 27.3 Å². The standard InChI is InChI=1S/C14H19F3N6O2S/c1-5-8(2)26(24,25)23-9(3)11(7-20-23)21-13-19-6-10(14(15,16)17)12(18-4)22-13/h6-8H,5H2,1-4H3,(H2,18,19,21,22). The molecule has 2 aromatic heterocycles. The molecule has 144 valence electrons. The Balaban J connectivity index is 2.36. The zero-order valence-electron chi connectivity index (χ0n) is 14.6. The minimum Gasteiger partial charge on any atom is -0.372 e. The summed E-state index contributed by atoms with van der Waals surface area (Å²) in [5, 5.41) is 8.30. The molecule has 0 aliphatic rings. The molecule has 2 N–H and O–H groups in total. The summed E-state index contributed by atoms with van der Waals surface area (Å²) in [6.07, 6.45) is -2.27. The first kappa shape index (κ1) is 19.9. The van der Waals surface area contributed by atoms with Crippen LogP contribution in [-0.4, -0.2) is 39.9 Å². The molecule has 0 aromatic carbocycles. The third-order valence-corrected chi connectivity index (χ3v) is 6.07. The van der Waals surface area contributed by atoms with Gasteiger partial charge in [-0.1, -0.05) is 6.92 Å². The van der Waals surface area contributed by atoms with Crippen molar-refractivity contribution < 1.29 is 21.6 Å². The van der Waals surface area contributed by atoms with Crippen LogP contribution in [0.4, 0.5) is 30.6 Å². The van der Waals surface area contributed by atoms with Crippen LogP contribution in [0.3, 0.4) is 0 Å². The van der Waals surface area contributed by atoms with Crippen molar-refractivity contribution in [2.24, 2.45) is 0 Å². The molecule has 0 bridgehead atoms. The number of rotatable bonds is 6. The molecule has 0 aliphatic carbocycles. The first-order chi connectivity index (χ1) is 12.0. The Kier molecular flexibility index (Phi) is 5.44. The monoisotopic (exact) mass is 392 g/mol. The van der Waals surface area contributed by atoms with Gasteiger partial charge in [0.25, 0.3) is 10.0 Å². The number of hydrogen-bond donors (Lipinski definition) is 2. The summed E-state index contributed by atoms with van der Waals surface area (Å²) in [5.41, 5.74) is -0.448. The lowest BCUT2D eigenvalue weighted by atomic mass is 10.3. The van der Waals surface area contributed by atoms with Crippen LogP contribution in [0.15, 0.2) is 12.4 Å². The lowest BCUT2D eigenvalue weighted by molar-refractivity contribution is -0.137. The van der Waals surface area contributed by atoms with Gasteiger partial charge in [0.05, 0.1) is 22.8 Å². The van der Waals surface area contributed by atoms with Gasteiger partial charge in [-0.15, -0.1) is 0 Å². The number of aromatic nitrogens is 4. The first-order valence-electron chi connectivity index (χ1n) is 7.70. The molecule has 2 heterocycles. The molecule has 0 fully saturated rings. The van der Waals surface area contributed by atoms with E-state index in [0.29, 0.717) is 12.6 Å². The minimum absolute atomic E-state index is 0.120. The fraction of sp³-hybridized carbons (Fsp3) is 0.500. The Hall–Kier alpha value is -2.37. The summed E-state index contributed by atoms with van der Waals surface area (Å²) in [6.45, 7) is 4.84. The molecule has 1 unspecified atom stereocenters.